The summed E-state index contributed by atoms with van der Waals surface area (Å²) in [5, 5.41) is 18.4. The normalized spacial score (nSPS) is 16.8. The molecule has 0 bridgehead atoms. The zero-order valence-corrected chi connectivity index (χ0v) is 21.0. The van der Waals surface area contributed by atoms with Gasteiger partial charge in [0.15, 0.2) is 0 Å². The number of amides is 1. The fraction of sp³-hybridized carbons (Fsp3) is 0.393. The maximum absolute atomic E-state index is 12.9. The molecule has 9 nitrogen and oxygen atoms in total. The van der Waals surface area contributed by atoms with Gasteiger partial charge in [0.25, 0.3) is 0 Å². The highest BCUT2D eigenvalue weighted by atomic mass is 16.2. The third kappa shape index (κ3) is 4.44. The lowest BCUT2D eigenvalue weighted by Crippen LogP contribution is -2.50. The third-order valence-corrected chi connectivity index (χ3v) is 7.70. The number of anilines is 1. The van der Waals surface area contributed by atoms with Crippen LogP contribution < -0.4 is 4.90 Å². The van der Waals surface area contributed by atoms with Crippen LogP contribution in [0.15, 0.2) is 49.2 Å². The van der Waals surface area contributed by atoms with Crippen LogP contribution in [0.1, 0.15) is 37.7 Å². The molecule has 9 heteroatoms. The summed E-state index contributed by atoms with van der Waals surface area (Å²) in [5.74, 6) is 1.47. The molecule has 1 aliphatic heterocycles. The van der Waals surface area contributed by atoms with Gasteiger partial charge in [-0.15, -0.1) is 0 Å². The Morgan fingerprint density at radius 1 is 0.946 bits per heavy atom. The van der Waals surface area contributed by atoms with Crippen LogP contribution in [0, 0.1) is 17.2 Å². The Kier molecular flexibility index (Phi) is 6.08. The summed E-state index contributed by atoms with van der Waals surface area (Å²) < 4.78 is 3.52. The molecule has 0 aromatic carbocycles. The number of hydrogen-bond acceptors (Lipinski definition) is 6. The van der Waals surface area contributed by atoms with E-state index in [2.05, 4.69) is 33.3 Å². The Bertz CT molecular complexity index is 1460. The average molecular weight is 495 g/mol. The van der Waals surface area contributed by atoms with Crippen molar-refractivity contribution in [3.8, 4) is 28.3 Å². The van der Waals surface area contributed by atoms with Crippen molar-refractivity contribution in [2.24, 2.45) is 13.0 Å². The second-order valence-electron chi connectivity index (χ2n) is 10.1. The molecule has 4 aromatic rings. The largest absolute Gasteiger partial charge is 0.353 e. The summed E-state index contributed by atoms with van der Waals surface area (Å²) in [6.07, 6.45) is 14.9. The molecule has 0 radical (unpaired) electrons. The molecule has 0 atom stereocenters. The minimum absolute atomic E-state index is 0.221. The number of piperazine rings is 1. The van der Waals surface area contributed by atoms with Crippen LogP contribution in [0.25, 0.3) is 27.8 Å². The predicted molar refractivity (Wildman–Crippen MR) is 141 cm³/mol. The fourth-order valence-electron chi connectivity index (χ4n) is 5.65. The van der Waals surface area contributed by atoms with E-state index in [0.29, 0.717) is 11.5 Å². The van der Waals surface area contributed by atoms with Gasteiger partial charge in [-0.25, -0.2) is 9.50 Å². The molecule has 1 saturated heterocycles. The van der Waals surface area contributed by atoms with Gasteiger partial charge in [-0.2, -0.15) is 15.5 Å². The minimum Gasteiger partial charge on any atom is -0.353 e. The van der Waals surface area contributed by atoms with Crippen molar-refractivity contribution in [3.63, 3.8) is 0 Å². The van der Waals surface area contributed by atoms with Crippen LogP contribution in [0.5, 0.6) is 0 Å². The number of nitriles is 1. The lowest BCUT2D eigenvalue weighted by molar-refractivity contribution is -0.136. The van der Waals surface area contributed by atoms with Crippen molar-refractivity contribution in [1.29, 1.82) is 5.26 Å². The van der Waals surface area contributed by atoms with Gasteiger partial charge < -0.3 is 9.80 Å². The third-order valence-electron chi connectivity index (χ3n) is 7.70. The first-order valence-electron chi connectivity index (χ1n) is 13.0. The molecule has 0 spiro atoms. The molecule has 37 heavy (non-hydrogen) atoms. The van der Waals surface area contributed by atoms with Crippen molar-refractivity contribution >= 4 is 17.2 Å². The molecular weight excluding hydrogens is 464 g/mol. The minimum atomic E-state index is 0.221. The van der Waals surface area contributed by atoms with E-state index >= 15 is 0 Å². The standard InChI is InChI=1S/C28H30N8O/c1-33-18-24(17-31-33)22-13-25(27-23(14-29)16-32-36(27)19-22)21-7-8-26(30-15-21)34-9-11-35(12-10-34)28(37)20-5-3-2-4-6-20/h7-8,13,15-20H,2-6,9-12H2,1H3. The fourth-order valence-corrected chi connectivity index (χ4v) is 5.65. The van der Waals surface area contributed by atoms with Gasteiger partial charge in [-0.1, -0.05) is 19.3 Å². The molecule has 2 aliphatic rings. The molecule has 4 aromatic heterocycles. The first kappa shape index (κ1) is 23.2. The monoisotopic (exact) mass is 494 g/mol. The van der Waals surface area contributed by atoms with Gasteiger partial charge in [-0.3, -0.25) is 9.48 Å². The highest BCUT2D eigenvalue weighted by Crippen LogP contribution is 2.32. The zero-order chi connectivity index (χ0) is 25.4. The predicted octanol–water partition coefficient (Wildman–Crippen LogP) is 3.90. The van der Waals surface area contributed by atoms with Crippen molar-refractivity contribution in [2.75, 3.05) is 31.1 Å². The first-order valence-corrected chi connectivity index (χ1v) is 13.0. The van der Waals surface area contributed by atoms with E-state index < -0.39 is 0 Å². The van der Waals surface area contributed by atoms with E-state index in [-0.39, 0.29) is 5.92 Å². The van der Waals surface area contributed by atoms with Gasteiger partial charge in [0, 0.05) is 80.0 Å². The SMILES string of the molecule is Cn1cc(-c2cc(-c3ccc(N4CCN(C(=O)C5CCCCC5)CC4)nc3)c3c(C#N)cnn3c2)cn1. The molecule has 5 heterocycles. The van der Waals surface area contributed by atoms with Crippen LogP contribution in [-0.2, 0) is 11.8 Å². The van der Waals surface area contributed by atoms with Crippen LogP contribution in [0.4, 0.5) is 5.82 Å². The van der Waals surface area contributed by atoms with Gasteiger partial charge in [-0.05, 0) is 31.0 Å². The molecule has 1 saturated carbocycles. The highest BCUT2D eigenvalue weighted by molar-refractivity contribution is 5.87. The van der Waals surface area contributed by atoms with Gasteiger partial charge in [0.2, 0.25) is 5.91 Å². The number of aryl methyl sites for hydroxylation is 1. The number of pyridine rings is 2. The number of hydrogen-bond donors (Lipinski definition) is 0. The molecular formula is C28H30N8O. The van der Waals surface area contributed by atoms with E-state index in [1.807, 2.05) is 42.8 Å². The van der Waals surface area contributed by atoms with Gasteiger partial charge in [0.05, 0.1) is 23.5 Å². The number of aromatic nitrogens is 5. The van der Waals surface area contributed by atoms with Crippen LogP contribution in [0.3, 0.4) is 0 Å². The number of nitrogens with zero attached hydrogens (tertiary/aromatic N) is 8. The summed E-state index contributed by atoms with van der Waals surface area (Å²) >= 11 is 0. The molecule has 0 N–H and O–H groups in total. The van der Waals surface area contributed by atoms with Crippen molar-refractivity contribution in [2.45, 2.75) is 32.1 Å². The van der Waals surface area contributed by atoms with Crippen molar-refractivity contribution < 1.29 is 4.79 Å². The number of carbonyl (C=O) groups excluding carboxylic acids is 1. The first-order chi connectivity index (χ1) is 18.1. The Labute approximate surface area is 215 Å². The van der Waals surface area contributed by atoms with E-state index in [4.69, 9.17) is 4.98 Å². The quantitative estimate of drug-likeness (QED) is 0.427. The Balaban J connectivity index is 1.23. The van der Waals surface area contributed by atoms with Crippen LogP contribution in [-0.4, -0.2) is 61.4 Å². The number of carbonyl (C=O) groups is 1. The van der Waals surface area contributed by atoms with Crippen LogP contribution >= 0.6 is 0 Å². The maximum atomic E-state index is 12.9. The van der Waals surface area contributed by atoms with Gasteiger partial charge >= 0.3 is 0 Å². The second kappa shape index (κ2) is 9.69. The lowest BCUT2D eigenvalue weighted by Gasteiger charge is -2.37. The summed E-state index contributed by atoms with van der Waals surface area (Å²) in [6, 6.07) is 8.42. The highest BCUT2D eigenvalue weighted by Gasteiger charge is 2.28. The summed E-state index contributed by atoms with van der Waals surface area (Å²) in [7, 11) is 1.89. The summed E-state index contributed by atoms with van der Waals surface area (Å²) in [6.45, 7) is 3.06. The Morgan fingerprint density at radius 2 is 1.76 bits per heavy atom. The molecule has 1 aliphatic carbocycles. The molecule has 6 rings (SSSR count). The Hall–Kier alpha value is -4.19. The zero-order valence-electron chi connectivity index (χ0n) is 21.0. The lowest BCUT2D eigenvalue weighted by atomic mass is 9.88. The number of fused-ring (bicyclic) bond motifs is 1. The van der Waals surface area contributed by atoms with E-state index in [0.717, 1.165) is 72.6 Å². The van der Waals surface area contributed by atoms with E-state index in [9.17, 15) is 10.1 Å². The molecule has 188 valence electrons. The second-order valence-corrected chi connectivity index (χ2v) is 10.1. The smallest absolute Gasteiger partial charge is 0.225 e. The van der Waals surface area contributed by atoms with Crippen molar-refractivity contribution in [1.82, 2.24) is 29.3 Å². The molecule has 1 amide bonds. The van der Waals surface area contributed by atoms with Gasteiger partial charge in [0.1, 0.15) is 11.9 Å². The summed E-state index contributed by atoms with van der Waals surface area (Å²) in [5.41, 5.74) is 5.05. The molecule has 0 unspecified atom stereocenters. The average Bonchev–Trinajstić information content (AvgIpc) is 3.59. The van der Waals surface area contributed by atoms with E-state index in [1.54, 1.807) is 15.4 Å². The summed E-state index contributed by atoms with van der Waals surface area (Å²) in [4.78, 5) is 22.0. The maximum Gasteiger partial charge on any atom is 0.225 e. The topological polar surface area (TPSA) is 95.3 Å². The Morgan fingerprint density at radius 3 is 2.43 bits per heavy atom. The van der Waals surface area contributed by atoms with Crippen LogP contribution in [0.2, 0.25) is 0 Å². The van der Waals surface area contributed by atoms with E-state index in [1.165, 1.54) is 19.3 Å². The molecule has 2 fully saturated rings. The van der Waals surface area contributed by atoms with Crippen molar-refractivity contribution in [3.05, 3.63) is 54.7 Å². The number of rotatable bonds is 4.